The highest BCUT2D eigenvalue weighted by Crippen LogP contribution is 2.21. The molecule has 1 aromatic carbocycles. The lowest BCUT2D eigenvalue weighted by Gasteiger charge is -2.16. The molecule has 31 heavy (non-hydrogen) atoms. The number of aromatic nitrogens is 4. The van der Waals surface area contributed by atoms with Crippen LogP contribution >= 0.6 is 11.6 Å². The molecule has 0 bridgehead atoms. The second-order valence-corrected chi connectivity index (χ2v) is 9.61. The predicted octanol–water partition coefficient (Wildman–Crippen LogP) is 1.98. The van der Waals surface area contributed by atoms with Crippen molar-refractivity contribution in [1.29, 1.82) is 0 Å². The number of halogens is 1. The highest BCUT2D eigenvalue weighted by Gasteiger charge is 2.27. The second-order valence-electron chi connectivity index (χ2n) is 7.00. The van der Waals surface area contributed by atoms with Gasteiger partial charge in [-0.05, 0) is 24.1 Å². The topological polar surface area (TPSA) is 133 Å². The van der Waals surface area contributed by atoms with Crippen LogP contribution in [0, 0.1) is 0 Å². The molecule has 3 aromatic rings. The summed E-state index contributed by atoms with van der Waals surface area (Å²) in [5, 5.41) is 0.0363. The van der Waals surface area contributed by atoms with E-state index in [2.05, 4.69) is 9.97 Å². The first-order valence-corrected chi connectivity index (χ1v) is 11.6. The minimum atomic E-state index is -3.80. The van der Waals surface area contributed by atoms with Gasteiger partial charge in [0.2, 0.25) is 9.84 Å². The molecule has 0 fully saturated rings. The Labute approximate surface area is 184 Å². The number of fused-ring (bicyclic) bond motifs is 1. The van der Waals surface area contributed by atoms with Crippen LogP contribution in [0.3, 0.4) is 0 Å². The van der Waals surface area contributed by atoms with Crippen LogP contribution in [-0.2, 0) is 16.4 Å². The number of sulfone groups is 1. The number of rotatable bonds is 6. The van der Waals surface area contributed by atoms with Gasteiger partial charge in [-0.1, -0.05) is 37.6 Å². The van der Waals surface area contributed by atoms with Gasteiger partial charge in [0.05, 0.1) is 12.3 Å². The number of nitrogens with two attached hydrogens (primary N) is 1. The van der Waals surface area contributed by atoms with E-state index < -0.39 is 26.7 Å². The summed E-state index contributed by atoms with van der Waals surface area (Å²) in [6.45, 7) is 3.80. The van der Waals surface area contributed by atoms with Crippen molar-refractivity contribution >= 4 is 44.5 Å². The number of carbonyl (C=O) groups excluding carboxylic acids is 1. The lowest BCUT2D eigenvalue weighted by atomic mass is 10.2. The van der Waals surface area contributed by atoms with Crippen molar-refractivity contribution in [3.8, 4) is 0 Å². The Morgan fingerprint density at radius 2 is 1.84 bits per heavy atom. The fourth-order valence-electron chi connectivity index (χ4n) is 3.11. The quantitative estimate of drug-likeness (QED) is 0.549. The van der Waals surface area contributed by atoms with Crippen LogP contribution in [0.1, 0.15) is 25.8 Å². The maximum absolute atomic E-state index is 13.3. The molecule has 0 saturated carbocycles. The molecule has 2 heterocycles. The van der Waals surface area contributed by atoms with E-state index in [0.29, 0.717) is 23.6 Å². The van der Waals surface area contributed by atoms with Gasteiger partial charge in [-0.15, -0.1) is 0 Å². The van der Waals surface area contributed by atoms with E-state index in [1.54, 1.807) is 31.3 Å². The zero-order chi connectivity index (χ0) is 22.9. The maximum atomic E-state index is 13.3. The molecule has 10 nitrogen and oxygen atoms in total. The van der Waals surface area contributed by atoms with Crippen LogP contribution < -0.4 is 11.4 Å². The van der Waals surface area contributed by atoms with E-state index in [9.17, 15) is 18.0 Å². The number of imidazole rings is 1. The van der Waals surface area contributed by atoms with Gasteiger partial charge in [-0.25, -0.2) is 22.6 Å². The first kappa shape index (κ1) is 22.8. The molecule has 0 saturated heterocycles. The Hall–Kier alpha value is -2.92. The van der Waals surface area contributed by atoms with Gasteiger partial charge < -0.3 is 10.6 Å². The largest absolute Gasteiger partial charge is 0.382 e. The van der Waals surface area contributed by atoms with Crippen LogP contribution in [0.2, 0.25) is 5.02 Å². The van der Waals surface area contributed by atoms with E-state index >= 15 is 0 Å². The molecule has 0 unspecified atom stereocenters. The molecule has 3 rings (SSSR count). The Kier molecular flexibility index (Phi) is 6.37. The van der Waals surface area contributed by atoms with Crippen LogP contribution in [0.4, 0.5) is 10.6 Å². The average molecular weight is 467 g/mol. The fraction of sp³-hybridized carbons (Fsp3) is 0.368. The lowest BCUT2D eigenvalue weighted by molar-refractivity contribution is 0.210. The van der Waals surface area contributed by atoms with E-state index in [-0.39, 0.29) is 29.3 Å². The molecule has 0 aliphatic carbocycles. The summed E-state index contributed by atoms with van der Waals surface area (Å²) in [6.07, 6.45) is 0.686. The van der Waals surface area contributed by atoms with Gasteiger partial charge in [0.25, 0.3) is 5.16 Å². The van der Waals surface area contributed by atoms with Crippen molar-refractivity contribution in [3.63, 3.8) is 0 Å². The highest BCUT2D eigenvalue weighted by molar-refractivity contribution is 7.91. The van der Waals surface area contributed by atoms with Crippen LogP contribution in [0.5, 0.6) is 0 Å². The number of carbonyl (C=O) groups is 1. The lowest BCUT2D eigenvalue weighted by Crippen LogP contribution is -2.38. The Balaban J connectivity index is 2.32. The second kappa shape index (κ2) is 8.67. The maximum Gasteiger partial charge on any atom is 0.339 e. The number of hydrogen-bond donors (Lipinski definition) is 1. The number of nitrogens with zero attached hydrogens (tertiary/aromatic N) is 5. The van der Waals surface area contributed by atoms with Crippen LogP contribution in [0.25, 0.3) is 11.2 Å². The fourth-order valence-corrected chi connectivity index (χ4v) is 3.96. The van der Waals surface area contributed by atoms with Gasteiger partial charge in [0, 0.05) is 18.6 Å². The minimum Gasteiger partial charge on any atom is -0.382 e. The Bertz CT molecular complexity index is 1300. The van der Waals surface area contributed by atoms with Gasteiger partial charge in [0.1, 0.15) is 5.52 Å². The van der Waals surface area contributed by atoms with E-state index in [1.165, 1.54) is 16.4 Å². The SMILES string of the molecule is CCCN(C)C(=O)n1c(=O)n(Cc2ccc(Cl)cc2)c2nc(S(=O)(=O)CC)nc(N)c21. The Morgan fingerprint density at radius 1 is 1.19 bits per heavy atom. The van der Waals surface area contributed by atoms with Crippen molar-refractivity contribution in [2.75, 3.05) is 25.1 Å². The zero-order valence-corrected chi connectivity index (χ0v) is 18.9. The van der Waals surface area contributed by atoms with E-state index in [4.69, 9.17) is 17.3 Å². The van der Waals surface area contributed by atoms with Crippen molar-refractivity contribution in [2.45, 2.75) is 32.0 Å². The number of benzene rings is 1. The summed E-state index contributed by atoms with van der Waals surface area (Å²) in [7, 11) is -2.23. The standard InChI is InChI=1S/C19H23ClN6O4S/c1-4-10-24(3)18(27)26-14-15(21)22-17(31(29,30)5-2)23-16(14)25(19(26)28)11-12-6-8-13(20)9-7-12/h6-9H,4-5,10-11H2,1-3H3,(H2,21,22,23). The molecule has 12 heteroatoms. The first-order valence-electron chi connectivity index (χ1n) is 9.62. The summed E-state index contributed by atoms with van der Waals surface area (Å²) in [5.74, 6) is -0.500. The van der Waals surface area contributed by atoms with Gasteiger partial charge in [-0.2, -0.15) is 9.97 Å². The summed E-state index contributed by atoms with van der Waals surface area (Å²) >= 11 is 5.93. The molecular formula is C19H23ClN6O4S. The normalized spacial score (nSPS) is 11.7. The summed E-state index contributed by atoms with van der Waals surface area (Å²) in [5.41, 5.74) is 6.00. The number of hydrogen-bond acceptors (Lipinski definition) is 7. The van der Waals surface area contributed by atoms with Gasteiger partial charge in [0.15, 0.2) is 11.5 Å². The molecule has 0 aliphatic heterocycles. The summed E-state index contributed by atoms with van der Waals surface area (Å²) in [4.78, 5) is 35.7. The van der Waals surface area contributed by atoms with E-state index in [0.717, 1.165) is 4.57 Å². The third-order valence-corrected chi connectivity index (χ3v) is 6.51. The van der Waals surface area contributed by atoms with Gasteiger partial charge >= 0.3 is 11.7 Å². The van der Waals surface area contributed by atoms with Crippen molar-refractivity contribution in [3.05, 3.63) is 45.3 Å². The molecule has 0 aliphatic rings. The first-order chi connectivity index (χ1) is 14.6. The molecule has 0 radical (unpaired) electrons. The molecule has 2 aromatic heterocycles. The average Bonchev–Trinajstić information content (AvgIpc) is 3.01. The number of anilines is 1. The molecule has 166 valence electrons. The van der Waals surface area contributed by atoms with Crippen LogP contribution in [0.15, 0.2) is 34.2 Å². The third-order valence-electron chi connectivity index (χ3n) is 4.76. The summed E-state index contributed by atoms with van der Waals surface area (Å²) < 4.78 is 26.8. The van der Waals surface area contributed by atoms with E-state index in [1.807, 2.05) is 6.92 Å². The minimum absolute atomic E-state index is 0.0260. The Morgan fingerprint density at radius 3 is 2.42 bits per heavy atom. The predicted molar refractivity (Wildman–Crippen MR) is 118 cm³/mol. The smallest absolute Gasteiger partial charge is 0.339 e. The van der Waals surface area contributed by atoms with Crippen molar-refractivity contribution in [1.82, 2.24) is 24.0 Å². The monoisotopic (exact) mass is 466 g/mol. The van der Waals surface area contributed by atoms with Crippen LogP contribution in [-0.4, -0.2) is 57.8 Å². The molecular weight excluding hydrogens is 444 g/mol. The zero-order valence-electron chi connectivity index (χ0n) is 17.4. The molecule has 1 amide bonds. The number of amides is 1. The summed E-state index contributed by atoms with van der Waals surface area (Å²) in [6, 6.07) is 6.16. The van der Waals surface area contributed by atoms with Gasteiger partial charge in [-0.3, -0.25) is 4.57 Å². The number of nitrogen functional groups attached to an aromatic ring is 1. The van der Waals surface area contributed by atoms with Crippen molar-refractivity contribution < 1.29 is 13.2 Å². The molecule has 2 N–H and O–H groups in total. The van der Waals surface area contributed by atoms with Crippen molar-refractivity contribution in [2.24, 2.45) is 0 Å². The highest BCUT2D eigenvalue weighted by atomic mass is 35.5. The molecule has 0 atom stereocenters. The third kappa shape index (κ3) is 4.28. The molecule has 0 spiro atoms.